The Morgan fingerprint density at radius 3 is 2.86 bits per heavy atom. The third-order valence-electron chi connectivity index (χ3n) is 3.59. The summed E-state index contributed by atoms with van der Waals surface area (Å²) in [5.74, 6) is 0.866. The minimum absolute atomic E-state index is 0.474. The fraction of sp³-hybridized carbons (Fsp3) is 1.00. The van der Waals surface area contributed by atoms with Gasteiger partial charge in [0.15, 0.2) is 0 Å². The molecular weight excluding hydrogens is 174 g/mol. The predicted molar refractivity (Wildman–Crippen MR) is 59.2 cm³/mol. The minimum atomic E-state index is 0.474. The number of hydrogen-bond donors (Lipinski definition) is 2. The first kappa shape index (κ1) is 10.4. The fourth-order valence-corrected chi connectivity index (χ4v) is 2.60. The van der Waals surface area contributed by atoms with Crippen LogP contribution in [-0.2, 0) is 0 Å². The van der Waals surface area contributed by atoms with Gasteiger partial charge in [-0.3, -0.25) is 0 Å². The number of piperidine rings is 1. The first-order valence-electron chi connectivity index (χ1n) is 5.91. The summed E-state index contributed by atoms with van der Waals surface area (Å²) in [6, 6.07) is 1.19. The third kappa shape index (κ3) is 2.69. The first-order chi connectivity index (χ1) is 6.74. The molecule has 1 saturated heterocycles. The maximum absolute atomic E-state index is 5.75. The zero-order valence-corrected chi connectivity index (χ0v) is 9.21. The highest BCUT2D eigenvalue weighted by atomic mass is 15.1. The van der Waals surface area contributed by atoms with E-state index in [0.29, 0.717) is 6.04 Å². The van der Waals surface area contributed by atoms with Crippen LogP contribution in [0.4, 0.5) is 0 Å². The molecule has 1 aliphatic carbocycles. The van der Waals surface area contributed by atoms with Crippen molar-refractivity contribution in [2.75, 3.05) is 26.7 Å². The van der Waals surface area contributed by atoms with E-state index >= 15 is 0 Å². The summed E-state index contributed by atoms with van der Waals surface area (Å²) in [5, 5.41) is 3.63. The molecule has 0 radical (unpaired) electrons. The second-order valence-corrected chi connectivity index (χ2v) is 5.11. The number of nitrogens with one attached hydrogen (secondary N) is 1. The number of rotatable bonds is 3. The minimum Gasteiger partial charge on any atom is -0.328 e. The quantitative estimate of drug-likeness (QED) is 0.688. The summed E-state index contributed by atoms with van der Waals surface area (Å²) in [5.41, 5.74) is 5.75. The Hall–Kier alpha value is -0.120. The highest BCUT2D eigenvalue weighted by Gasteiger charge is 2.26. The number of hydrogen-bond acceptors (Lipinski definition) is 3. The Bertz CT molecular complexity index is 177. The van der Waals surface area contributed by atoms with Gasteiger partial charge in [-0.05, 0) is 51.7 Å². The smallest absolute Gasteiger partial charge is 0.00966 e. The van der Waals surface area contributed by atoms with Crippen LogP contribution in [0, 0.1) is 5.92 Å². The fourth-order valence-electron chi connectivity index (χ4n) is 2.60. The van der Waals surface area contributed by atoms with E-state index in [0.717, 1.165) is 12.0 Å². The zero-order chi connectivity index (χ0) is 9.97. The topological polar surface area (TPSA) is 41.3 Å². The van der Waals surface area contributed by atoms with Crippen molar-refractivity contribution >= 4 is 0 Å². The summed E-state index contributed by atoms with van der Waals surface area (Å²) < 4.78 is 0. The lowest BCUT2D eigenvalue weighted by molar-refractivity contribution is 0.190. The molecule has 0 aromatic heterocycles. The van der Waals surface area contributed by atoms with Gasteiger partial charge < -0.3 is 16.0 Å². The van der Waals surface area contributed by atoms with Crippen LogP contribution < -0.4 is 11.1 Å². The van der Waals surface area contributed by atoms with Gasteiger partial charge in [-0.1, -0.05) is 0 Å². The molecule has 0 amide bonds. The van der Waals surface area contributed by atoms with Gasteiger partial charge in [-0.15, -0.1) is 0 Å². The van der Waals surface area contributed by atoms with Gasteiger partial charge in [0.2, 0.25) is 0 Å². The van der Waals surface area contributed by atoms with Gasteiger partial charge >= 0.3 is 0 Å². The first-order valence-corrected chi connectivity index (χ1v) is 5.91. The normalized spacial score (nSPS) is 39.4. The monoisotopic (exact) mass is 197 g/mol. The highest BCUT2D eigenvalue weighted by molar-refractivity contribution is 4.88. The van der Waals surface area contributed by atoms with E-state index in [1.165, 1.54) is 45.3 Å². The van der Waals surface area contributed by atoms with E-state index < -0.39 is 0 Å². The van der Waals surface area contributed by atoms with Crippen LogP contribution >= 0.6 is 0 Å². The lowest BCUT2D eigenvalue weighted by atomic mass is 9.87. The highest BCUT2D eigenvalue weighted by Crippen LogP contribution is 2.19. The van der Waals surface area contributed by atoms with Crippen molar-refractivity contribution in [3.63, 3.8) is 0 Å². The van der Waals surface area contributed by atoms with Gasteiger partial charge in [0, 0.05) is 18.6 Å². The van der Waals surface area contributed by atoms with Crippen LogP contribution in [0.1, 0.15) is 25.7 Å². The molecule has 3 heteroatoms. The van der Waals surface area contributed by atoms with Crippen molar-refractivity contribution in [2.45, 2.75) is 37.8 Å². The Balaban J connectivity index is 1.60. The van der Waals surface area contributed by atoms with Crippen molar-refractivity contribution in [1.82, 2.24) is 10.2 Å². The molecule has 0 aromatic carbocycles. The molecule has 1 saturated carbocycles. The van der Waals surface area contributed by atoms with E-state index in [9.17, 15) is 0 Å². The molecule has 2 rings (SSSR count). The second-order valence-electron chi connectivity index (χ2n) is 5.11. The lowest BCUT2D eigenvalue weighted by Crippen LogP contribution is -2.50. The summed E-state index contributed by atoms with van der Waals surface area (Å²) in [6.07, 6.45) is 5.13. The average Bonchev–Trinajstić information content (AvgIpc) is 2.11. The molecule has 1 aliphatic heterocycles. The molecule has 1 heterocycles. The number of nitrogens with zero attached hydrogens (tertiary/aromatic N) is 1. The molecule has 0 spiro atoms. The predicted octanol–water partition coefficient (Wildman–Crippen LogP) is 0.408. The molecule has 2 fully saturated rings. The summed E-state index contributed by atoms with van der Waals surface area (Å²) >= 11 is 0. The maximum atomic E-state index is 5.75. The van der Waals surface area contributed by atoms with Crippen molar-refractivity contribution in [2.24, 2.45) is 11.7 Å². The SMILES string of the molecule is CN1CCCC(CNC2CC(N)C2)C1. The molecular formula is C11H23N3. The third-order valence-corrected chi connectivity index (χ3v) is 3.59. The van der Waals surface area contributed by atoms with Crippen LogP contribution in [0.15, 0.2) is 0 Å². The van der Waals surface area contributed by atoms with Crippen LogP contribution in [0.3, 0.4) is 0 Å². The molecule has 1 atom stereocenters. The Kier molecular flexibility index (Phi) is 3.42. The van der Waals surface area contributed by atoms with Gasteiger partial charge in [0.25, 0.3) is 0 Å². The second kappa shape index (κ2) is 4.60. The van der Waals surface area contributed by atoms with Crippen molar-refractivity contribution in [3.05, 3.63) is 0 Å². The molecule has 0 bridgehead atoms. The van der Waals surface area contributed by atoms with Gasteiger partial charge in [0.05, 0.1) is 0 Å². The molecule has 3 nitrogen and oxygen atoms in total. The molecule has 0 aromatic rings. The molecule has 3 N–H and O–H groups in total. The lowest BCUT2D eigenvalue weighted by Gasteiger charge is -2.36. The number of nitrogens with two attached hydrogens (primary N) is 1. The molecule has 2 aliphatic rings. The van der Waals surface area contributed by atoms with Crippen molar-refractivity contribution in [1.29, 1.82) is 0 Å². The summed E-state index contributed by atoms with van der Waals surface area (Å²) in [6.45, 7) is 3.75. The molecule has 82 valence electrons. The van der Waals surface area contributed by atoms with E-state index in [1.807, 2.05) is 0 Å². The van der Waals surface area contributed by atoms with Gasteiger partial charge in [-0.25, -0.2) is 0 Å². The maximum Gasteiger partial charge on any atom is 0.00966 e. The molecule has 1 unspecified atom stereocenters. The van der Waals surface area contributed by atoms with E-state index in [4.69, 9.17) is 5.73 Å². The summed E-state index contributed by atoms with van der Waals surface area (Å²) in [4.78, 5) is 2.45. The van der Waals surface area contributed by atoms with E-state index in [1.54, 1.807) is 0 Å². The van der Waals surface area contributed by atoms with Crippen LogP contribution in [0.2, 0.25) is 0 Å². The standard InChI is InChI=1S/C11H23N3/c1-14-4-2-3-9(8-14)7-13-11-5-10(12)6-11/h9-11,13H,2-8,12H2,1H3. The Morgan fingerprint density at radius 1 is 1.43 bits per heavy atom. The van der Waals surface area contributed by atoms with Gasteiger partial charge in [-0.2, -0.15) is 0 Å². The van der Waals surface area contributed by atoms with Crippen LogP contribution in [0.5, 0.6) is 0 Å². The van der Waals surface area contributed by atoms with Crippen molar-refractivity contribution < 1.29 is 0 Å². The zero-order valence-electron chi connectivity index (χ0n) is 9.21. The largest absolute Gasteiger partial charge is 0.328 e. The Labute approximate surface area is 87.0 Å². The van der Waals surface area contributed by atoms with Crippen molar-refractivity contribution in [3.8, 4) is 0 Å². The van der Waals surface area contributed by atoms with E-state index in [2.05, 4.69) is 17.3 Å². The van der Waals surface area contributed by atoms with Crippen LogP contribution in [-0.4, -0.2) is 43.7 Å². The summed E-state index contributed by atoms with van der Waals surface area (Å²) in [7, 11) is 2.23. The van der Waals surface area contributed by atoms with E-state index in [-0.39, 0.29) is 0 Å². The Morgan fingerprint density at radius 2 is 2.21 bits per heavy atom. The van der Waals surface area contributed by atoms with Crippen LogP contribution in [0.25, 0.3) is 0 Å². The average molecular weight is 197 g/mol. The molecule has 14 heavy (non-hydrogen) atoms. The van der Waals surface area contributed by atoms with Gasteiger partial charge in [0.1, 0.15) is 0 Å². The number of likely N-dealkylation sites (tertiary alicyclic amines) is 1.